The Morgan fingerprint density at radius 1 is 1.18 bits per heavy atom. The Balaban J connectivity index is 1.64. The molecule has 2 heterocycles. The average Bonchev–Trinajstić information content (AvgIpc) is 3.00. The summed E-state index contributed by atoms with van der Waals surface area (Å²) in [4.78, 5) is 4.65. The molecular formula is C21H30F2N4O. The van der Waals surface area contributed by atoms with E-state index in [1.54, 1.807) is 6.07 Å². The van der Waals surface area contributed by atoms with Gasteiger partial charge in [0.05, 0.1) is 5.69 Å². The molecule has 5 nitrogen and oxygen atoms in total. The fourth-order valence-corrected chi connectivity index (χ4v) is 3.90. The van der Waals surface area contributed by atoms with Crippen LogP contribution in [0.15, 0.2) is 24.4 Å². The maximum Gasteiger partial charge on any atom is 0.159 e. The van der Waals surface area contributed by atoms with Gasteiger partial charge in [-0.3, -0.25) is 14.5 Å². The van der Waals surface area contributed by atoms with Crippen LogP contribution < -0.4 is 0 Å². The first-order chi connectivity index (χ1) is 13.5. The van der Waals surface area contributed by atoms with E-state index >= 15 is 0 Å². The number of aryl methyl sites for hydroxylation is 2. The van der Waals surface area contributed by atoms with Crippen molar-refractivity contribution >= 4 is 0 Å². The van der Waals surface area contributed by atoms with E-state index in [1.807, 2.05) is 11.6 Å². The van der Waals surface area contributed by atoms with Gasteiger partial charge in [0, 0.05) is 63.7 Å². The van der Waals surface area contributed by atoms with Crippen LogP contribution in [0.1, 0.15) is 36.6 Å². The Hall–Kier alpha value is -1.83. The van der Waals surface area contributed by atoms with Crippen LogP contribution in [-0.2, 0) is 19.6 Å². The lowest BCUT2D eigenvalue weighted by Gasteiger charge is -2.41. The van der Waals surface area contributed by atoms with Crippen molar-refractivity contribution in [2.45, 2.75) is 52.4 Å². The van der Waals surface area contributed by atoms with Crippen LogP contribution in [-0.4, -0.2) is 57.0 Å². The van der Waals surface area contributed by atoms with E-state index in [0.29, 0.717) is 13.0 Å². The number of piperazine rings is 1. The Morgan fingerprint density at radius 2 is 2.00 bits per heavy atom. The third-order valence-corrected chi connectivity index (χ3v) is 5.42. The summed E-state index contributed by atoms with van der Waals surface area (Å²) in [5.74, 6) is -1.63. The topological polar surface area (TPSA) is 44.5 Å². The predicted molar refractivity (Wildman–Crippen MR) is 105 cm³/mol. The lowest BCUT2D eigenvalue weighted by molar-refractivity contribution is 0.0498. The summed E-state index contributed by atoms with van der Waals surface area (Å²) >= 11 is 0. The molecule has 0 radical (unpaired) electrons. The van der Waals surface area contributed by atoms with Gasteiger partial charge in [-0.05, 0) is 37.5 Å². The number of nitrogens with zero attached hydrogens (tertiary/aromatic N) is 4. The van der Waals surface area contributed by atoms with E-state index in [9.17, 15) is 13.9 Å². The van der Waals surface area contributed by atoms with Gasteiger partial charge in [0.2, 0.25) is 0 Å². The number of hydrogen-bond acceptors (Lipinski definition) is 4. The molecule has 1 atom stereocenters. The lowest BCUT2D eigenvalue weighted by atomic mass is 10.1. The van der Waals surface area contributed by atoms with Gasteiger partial charge in [0.15, 0.2) is 11.6 Å². The highest BCUT2D eigenvalue weighted by Gasteiger charge is 2.27. The third-order valence-electron chi connectivity index (χ3n) is 5.42. The molecule has 0 bridgehead atoms. The molecule has 1 aromatic heterocycles. The van der Waals surface area contributed by atoms with Crippen LogP contribution in [0, 0.1) is 18.6 Å². The highest BCUT2D eigenvalue weighted by Crippen LogP contribution is 2.20. The number of benzene rings is 1. The highest BCUT2D eigenvalue weighted by molar-refractivity contribution is 5.18. The van der Waals surface area contributed by atoms with Crippen LogP contribution in [0.3, 0.4) is 0 Å². The van der Waals surface area contributed by atoms with Gasteiger partial charge in [-0.2, -0.15) is 5.10 Å². The molecule has 1 aliphatic heterocycles. The van der Waals surface area contributed by atoms with Gasteiger partial charge in [-0.1, -0.05) is 13.0 Å². The molecule has 28 heavy (non-hydrogen) atoms. The smallest absolute Gasteiger partial charge is 0.159 e. The molecule has 1 fully saturated rings. The van der Waals surface area contributed by atoms with Crippen LogP contribution in [0.5, 0.6) is 0 Å². The first-order valence-electron chi connectivity index (χ1n) is 10.0. The van der Waals surface area contributed by atoms with E-state index in [1.165, 1.54) is 17.7 Å². The fraction of sp³-hybridized carbons (Fsp3) is 0.571. The minimum Gasteiger partial charge on any atom is -0.396 e. The van der Waals surface area contributed by atoms with Crippen molar-refractivity contribution in [3.63, 3.8) is 0 Å². The zero-order valence-electron chi connectivity index (χ0n) is 16.7. The predicted octanol–water partition coefficient (Wildman–Crippen LogP) is 2.95. The molecule has 3 rings (SSSR count). The molecule has 154 valence electrons. The molecule has 0 aliphatic carbocycles. The van der Waals surface area contributed by atoms with Crippen molar-refractivity contribution in [3.05, 3.63) is 52.9 Å². The van der Waals surface area contributed by atoms with Gasteiger partial charge in [-0.15, -0.1) is 0 Å². The first-order valence-corrected chi connectivity index (χ1v) is 10.0. The zero-order valence-corrected chi connectivity index (χ0v) is 16.7. The lowest BCUT2D eigenvalue weighted by Crippen LogP contribution is -2.52. The number of halogens is 2. The second kappa shape index (κ2) is 9.58. The molecule has 1 aromatic carbocycles. The zero-order chi connectivity index (χ0) is 20.1. The Bertz CT molecular complexity index is 780. The van der Waals surface area contributed by atoms with Crippen molar-refractivity contribution in [3.8, 4) is 0 Å². The van der Waals surface area contributed by atoms with Crippen LogP contribution in [0.25, 0.3) is 0 Å². The van der Waals surface area contributed by atoms with E-state index in [2.05, 4.69) is 28.0 Å². The van der Waals surface area contributed by atoms with Crippen molar-refractivity contribution in [2.75, 3.05) is 26.2 Å². The number of aliphatic hydroxyl groups is 1. The van der Waals surface area contributed by atoms with E-state index < -0.39 is 11.6 Å². The first kappa shape index (κ1) is 20.9. The molecule has 1 N–H and O–H groups in total. The van der Waals surface area contributed by atoms with E-state index in [4.69, 9.17) is 0 Å². The van der Waals surface area contributed by atoms with Gasteiger partial charge in [0.1, 0.15) is 0 Å². The number of aliphatic hydroxyl groups excluding tert-OH is 1. The summed E-state index contributed by atoms with van der Waals surface area (Å²) in [7, 11) is 0. The molecule has 2 aromatic rings. The highest BCUT2D eigenvalue weighted by atomic mass is 19.2. The standard InChI is InChI=1S/C21H30F2N4O/c1-3-7-27-14-18(16(2)24-27)13-25-8-9-26(19(15-25)6-10-28)12-17-4-5-20(22)21(23)11-17/h4-5,11,14,19,28H,3,6-10,12-13,15H2,1-2H3/t19-/m1/s1. The maximum atomic E-state index is 13.5. The van der Waals surface area contributed by atoms with Crippen molar-refractivity contribution in [2.24, 2.45) is 0 Å². The molecule has 1 aliphatic rings. The summed E-state index contributed by atoms with van der Waals surface area (Å²) in [5, 5.41) is 14.1. The average molecular weight is 392 g/mol. The Labute approximate surface area is 165 Å². The summed E-state index contributed by atoms with van der Waals surface area (Å²) < 4.78 is 28.7. The molecule has 7 heteroatoms. The maximum absolute atomic E-state index is 13.5. The monoisotopic (exact) mass is 392 g/mol. The minimum absolute atomic E-state index is 0.111. The Kier molecular flexibility index (Phi) is 7.15. The van der Waals surface area contributed by atoms with Gasteiger partial charge < -0.3 is 5.11 Å². The van der Waals surface area contributed by atoms with Crippen molar-refractivity contribution in [1.29, 1.82) is 0 Å². The van der Waals surface area contributed by atoms with Gasteiger partial charge in [-0.25, -0.2) is 8.78 Å². The van der Waals surface area contributed by atoms with Crippen molar-refractivity contribution in [1.82, 2.24) is 19.6 Å². The van der Waals surface area contributed by atoms with Crippen LogP contribution in [0.2, 0.25) is 0 Å². The molecule has 1 saturated heterocycles. The van der Waals surface area contributed by atoms with Crippen molar-refractivity contribution < 1.29 is 13.9 Å². The summed E-state index contributed by atoms with van der Waals surface area (Å²) in [6, 6.07) is 4.26. The number of rotatable bonds is 8. The molecule has 0 saturated carbocycles. The van der Waals surface area contributed by atoms with Crippen LogP contribution in [0.4, 0.5) is 8.78 Å². The second-order valence-electron chi connectivity index (χ2n) is 7.62. The third kappa shape index (κ3) is 5.16. The SMILES string of the molecule is CCCn1cc(CN2CCN(Cc3ccc(F)c(F)c3)[C@H](CCO)C2)c(C)n1. The number of aromatic nitrogens is 2. The Morgan fingerprint density at radius 3 is 2.71 bits per heavy atom. The molecule has 0 unspecified atom stereocenters. The second-order valence-corrected chi connectivity index (χ2v) is 7.62. The number of hydrogen-bond donors (Lipinski definition) is 1. The van der Waals surface area contributed by atoms with Gasteiger partial charge >= 0.3 is 0 Å². The summed E-state index contributed by atoms with van der Waals surface area (Å²) in [5.41, 5.74) is 3.06. The van der Waals surface area contributed by atoms with E-state index in [0.717, 1.165) is 50.4 Å². The normalized spacial score (nSPS) is 18.7. The van der Waals surface area contributed by atoms with Gasteiger partial charge in [0.25, 0.3) is 0 Å². The molecular weight excluding hydrogens is 362 g/mol. The quantitative estimate of drug-likeness (QED) is 0.750. The minimum atomic E-state index is -0.820. The fourth-order valence-electron chi connectivity index (χ4n) is 3.90. The van der Waals surface area contributed by atoms with Crippen LogP contribution >= 0.6 is 0 Å². The largest absolute Gasteiger partial charge is 0.396 e. The molecule has 0 spiro atoms. The summed E-state index contributed by atoms with van der Waals surface area (Å²) in [6.45, 7) is 9.18. The summed E-state index contributed by atoms with van der Waals surface area (Å²) in [6.07, 6.45) is 3.85. The molecule has 0 amide bonds. The van der Waals surface area contributed by atoms with E-state index in [-0.39, 0.29) is 12.6 Å².